The number of aliphatic hydroxyl groups excluding tert-OH is 1. The first-order chi connectivity index (χ1) is 9.19. The van der Waals surface area contributed by atoms with Crippen molar-refractivity contribution in [1.82, 2.24) is 4.98 Å². The second-order valence-corrected chi connectivity index (χ2v) is 4.79. The lowest BCUT2D eigenvalue weighted by Crippen LogP contribution is -2.16. The van der Waals surface area contributed by atoms with E-state index >= 15 is 0 Å². The second kappa shape index (κ2) is 4.63. The largest absolute Gasteiger partial charge is 0.392 e. The molecule has 1 aromatic carbocycles. The van der Waals surface area contributed by atoms with Gasteiger partial charge in [0.15, 0.2) is 0 Å². The van der Waals surface area contributed by atoms with Crippen molar-refractivity contribution >= 4 is 11.4 Å². The van der Waals surface area contributed by atoms with Crippen LogP contribution in [-0.2, 0) is 13.0 Å². The van der Waals surface area contributed by atoms with E-state index < -0.39 is 0 Å². The van der Waals surface area contributed by atoms with Crippen LogP contribution in [0.15, 0.2) is 30.5 Å². The van der Waals surface area contributed by atoms with E-state index in [0.29, 0.717) is 0 Å². The molecule has 1 aliphatic rings. The Labute approximate surface area is 111 Å². The van der Waals surface area contributed by atoms with E-state index in [0.717, 1.165) is 41.2 Å². The highest BCUT2D eigenvalue weighted by Gasteiger charge is 2.23. The van der Waals surface area contributed by atoms with E-state index in [9.17, 15) is 9.50 Å². The third-order valence-electron chi connectivity index (χ3n) is 3.50. The monoisotopic (exact) mass is 258 g/mol. The molecule has 2 aromatic rings. The van der Waals surface area contributed by atoms with Gasteiger partial charge in [0.05, 0.1) is 12.3 Å². The maximum absolute atomic E-state index is 13.4. The summed E-state index contributed by atoms with van der Waals surface area (Å²) in [7, 11) is 0. The predicted molar refractivity (Wildman–Crippen MR) is 72.0 cm³/mol. The number of pyridine rings is 1. The van der Waals surface area contributed by atoms with Crippen molar-refractivity contribution in [2.45, 2.75) is 20.0 Å². The summed E-state index contributed by atoms with van der Waals surface area (Å²) in [6, 6.07) is 6.81. The molecule has 0 radical (unpaired) electrons. The number of benzene rings is 1. The third kappa shape index (κ3) is 2.08. The minimum absolute atomic E-state index is 0.0657. The maximum atomic E-state index is 13.4. The quantitative estimate of drug-likeness (QED) is 0.899. The van der Waals surface area contributed by atoms with Gasteiger partial charge < -0.3 is 10.0 Å². The minimum atomic E-state index is -0.234. The Hall–Kier alpha value is -1.94. The summed E-state index contributed by atoms with van der Waals surface area (Å²) in [6.45, 7) is 2.65. The van der Waals surface area contributed by atoms with E-state index in [2.05, 4.69) is 9.88 Å². The molecule has 3 nitrogen and oxygen atoms in total. The molecule has 1 N–H and O–H groups in total. The van der Waals surface area contributed by atoms with E-state index in [-0.39, 0.29) is 12.4 Å². The Morgan fingerprint density at radius 2 is 2.16 bits per heavy atom. The number of anilines is 2. The van der Waals surface area contributed by atoms with Crippen molar-refractivity contribution in [3.05, 3.63) is 53.1 Å². The molecule has 19 heavy (non-hydrogen) atoms. The second-order valence-electron chi connectivity index (χ2n) is 4.79. The molecule has 4 heteroatoms. The number of hydrogen-bond donors (Lipinski definition) is 1. The summed E-state index contributed by atoms with van der Waals surface area (Å²) in [5.41, 5.74) is 4.60. The Morgan fingerprint density at radius 3 is 2.95 bits per heavy atom. The number of halogens is 1. The standard InChI is InChI=1S/C15H15FN2O/c1-10-6-14(12(9-19)8-17-10)18-5-4-11-2-3-13(16)7-15(11)18/h2-3,6-8,19H,4-5,9H2,1H3. The molecule has 2 heterocycles. The summed E-state index contributed by atoms with van der Waals surface area (Å²) >= 11 is 0. The summed E-state index contributed by atoms with van der Waals surface area (Å²) < 4.78 is 13.4. The van der Waals surface area contributed by atoms with Crippen molar-refractivity contribution < 1.29 is 9.50 Å². The fourth-order valence-electron chi connectivity index (χ4n) is 2.55. The van der Waals surface area contributed by atoms with Gasteiger partial charge in [0.25, 0.3) is 0 Å². The zero-order valence-corrected chi connectivity index (χ0v) is 10.7. The first-order valence-electron chi connectivity index (χ1n) is 6.31. The van der Waals surface area contributed by atoms with Gasteiger partial charge in [0, 0.05) is 29.7 Å². The minimum Gasteiger partial charge on any atom is -0.392 e. The summed E-state index contributed by atoms with van der Waals surface area (Å²) in [6.07, 6.45) is 2.57. The molecule has 1 aliphatic heterocycles. The fourth-order valence-corrected chi connectivity index (χ4v) is 2.55. The Morgan fingerprint density at radius 1 is 1.32 bits per heavy atom. The predicted octanol–water partition coefficient (Wildman–Crippen LogP) is 2.72. The van der Waals surface area contributed by atoms with Crippen LogP contribution in [0, 0.1) is 12.7 Å². The molecule has 0 bridgehead atoms. The van der Waals surface area contributed by atoms with E-state index in [4.69, 9.17) is 0 Å². The number of fused-ring (bicyclic) bond motifs is 1. The van der Waals surface area contributed by atoms with E-state index in [1.165, 1.54) is 6.07 Å². The molecule has 0 amide bonds. The molecule has 0 saturated carbocycles. The van der Waals surface area contributed by atoms with Gasteiger partial charge in [-0.25, -0.2) is 4.39 Å². The molecular formula is C15H15FN2O. The molecule has 0 saturated heterocycles. The smallest absolute Gasteiger partial charge is 0.125 e. The van der Waals surface area contributed by atoms with Crippen molar-refractivity contribution in [2.75, 3.05) is 11.4 Å². The van der Waals surface area contributed by atoms with Gasteiger partial charge in [0.1, 0.15) is 5.82 Å². The highest BCUT2D eigenvalue weighted by molar-refractivity contribution is 5.72. The van der Waals surface area contributed by atoms with Crippen LogP contribution < -0.4 is 4.90 Å². The van der Waals surface area contributed by atoms with Gasteiger partial charge in [-0.15, -0.1) is 0 Å². The number of rotatable bonds is 2. The van der Waals surface area contributed by atoms with Crippen LogP contribution in [0.1, 0.15) is 16.8 Å². The summed E-state index contributed by atoms with van der Waals surface area (Å²) in [5.74, 6) is -0.234. The van der Waals surface area contributed by atoms with Crippen LogP contribution in [0.5, 0.6) is 0 Å². The van der Waals surface area contributed by atoms with Crippen molar-refractivity contribution in [2.24, 2.45) is 0 Å². The number of hydrogen-bond acceptors (Lipinski definition) is 3. The Balaban J connectivity index is 2.10. The number of aromatic nitrogens is 1. The van der Waals surface area contributed by atoms with E-state index in [1.807, 2.05) is 19.1 Å². The lowest BCUT2D eigenvalue weighted by Gasteiger charge is -2.22. The lowest BCUT2D eigenvalue weighted by molar-refractivity contribution is 0.281. The zero-order valence-electron chi connectivity index (χ0n) is 10.7. The Kier molecular flexibility index (Phi) is 2.95. The van der Waals surface area contributed by atoms with E-state index in [1.54, 1.807) is 12.3 Å². The average molecular weight is 258 g/mol. The van der Waals surface area contributed by atoms with Crippen LogP contribution in [0.25, 0.3) is 0 Å². The highest BCUT2D eigenvalue weighted by atomic mass is 19.1. The third-order valence-corrected chi connectivity index (χ3v) is 3.50. The van der Waals surface area contributed by atoms with Gasteiger partial charge >= 0.3 is 0 Å². The van der Waals surface area contributed by atoms with Crippen LogP contribution in [0.3, 0.4) is 0 Å². The van der Waals surface area contributed by atoms with Gasteiger partial charge in [0.2, 0.25) is 0 Å². The molecular weight excluding hydrogens is 243 g/mol. The Bertz CT molecular complexity index is 628. The van der Waals surface area contributed by atoms with Crippen LogP contribution in [-0.4, -0.2) is 16.6 Å². The van der Waals surface area contributed by atoms with Crippen LogP contribution >= 0.6 is 0 Å². The molecule has 0 unspecified atom stereocenters. The average Bonchev–Trinajstić information content (AvgIpc) is 2.81. The van der Waals surface area contributed by atoms with Crippen LogP contribution in [0.4, 0.5) is 15.8 Å². The molecule has 0 fully saturated rings. The van der Waals surface area contributed by atoms with Gasteiger partial charge in [-0.1, -0.05) is 6.07 Å². The van der Waals surface area contributed by atoms with Crippen molar-refractivity contribution in [3.63, 3.8) is 0 Å². The topological polar surface area (TPSA) is 36.4 Å². The van der Waals surface area contributed by atoms with Gasteiger partial charge in [-0.2, -0.15) is 0 Å². The first kappa shape index (κ1) is 12.1. The number of aryl methyl sites for hydroxylation is 1. The number of nitrogens with zero attached hydrogens (tertiary/aromatic N) is 2. The van der Waals surface area contributed by atoms with Gasteiger partial charge in [-0.3, -0.25) is 4.98 Å². The summed E-state index contributed by atoms with van der Waals surface area (Å²) in [5, 5.41) is 9.43. The molecule has 98 valence electrons. The zero-order chi connectivity index (χ0) is 13.4. The van der Waals surface area contributed by atoms with Gasteiger partial charge in [-0.05, 0) is 37.1 Å². The maximum Gasteiger partial charge on any atom is 0.125 e. The van der Waals surface area contributed by atoms with Crippen molar-refractivity contribution in [3.8, 4) is 0 Å². The summed E-state index contributed by atoms with van der Waals surface area (Å²) in [4.78, 5) is 6.25. The molecule has 1 aromatic heterocycles. The number of aliphatic hydroxyl groups is 1. The lowest BCUT2D eigenvalue weighted by atomic mass is 10.1. The molecule has 0 spiro atoms. The molecule has 0 atom stereocenters. The van der Waals surface area contributed by atoms with Crippen LogP contribution in [0.2, 0.25) is 0 Å². The molecule has 3 rings (SSSR count). The molecule has 0 aliphatic carbocycles. The van der Waals surface area contributed by atoms with Crippen molar-refractivity contribution in [1.29, 1.82) is 0 Å². The SMILES string of the molecule is Cc1cc(N2CCc3ccc(F)cc32)c(CO)cn1. The first-order valence-corrected chi connectivity index (χ1v) is 6.31. The fraction of sp³-hybridized carbons (Fsp3) is 0.267. The highest BCUT2D eigenvalue weighted by Crippen LogP contribution is 2.36. The normalized spacial score (nSPS) is 13.7.